The summed E-state index contributed by atoms with van der Waals surface area (Å²) in [7, 11) is 1.47. The largest absolute Gasteiger partial charge is 0.507 e. The highest BCUT2D eigenvalue weighted by Gasteiger charge is 2.13. The number of nitrogens with zero attached hydrogens (tertiary/aromatic N) is 1. The first kappa shape index (κ1) is 24.4. The number of hydrogen-bond acceptors (Lipinski definition) is 6. The predicted molar refractivity (Wildman–Crippen MR) is 131 cm³/mol. The van der Waals surface area contributed by atoms with E-state index in [2.05, 4.69) is 26.5 Å². The molecule has 0 aliphatic rings. The smallest absolute Gasteiger partial charge is 0.275 e. The zero-order valence-electron chi connectivity index (χ0n) is 18.0. The number of phenols is 1. The Hall–Kier alpha value is -3.23. The maximum atomic E-state index is 12.3. The minimum atomic E-state index is -0.557. The fourth-order valence-corrected chi connectivity index (χ4v) is 3.56. The number of rotatable bonds is 9. The van der Waals surface area contributed by atoms with Crippen molar-refractivity contribution in [3.8, 4) is 23.0 Å². The van der Waals surface area contributed by atoms with Crippen molar-refractivity contribution in [2.45, 2.75) is 13.5 Å². The first-order valence-corrected chi connectivity index (χ1v) is 11.1. The third-order valence-electron chi connectivity index (χ3n) is 4.46. The molecule has 0 aliphatic carbocycles. The summed E-state index contributed by atoms with van der Waals surface area (Å²) in [5, 5.41) is 14.6. The van der Waals surface area contributed by atoms with E-state index in [0.29, 0.717) is 45.5 Å². The molecule has 3 rings (SSSR count). The number of nitrogens with one attached hydrogen (secondary N) is 1. The normalized spacial score (nSPS) is 10.8. The zero-order chi connectivity index (χ0) is 23.8. The second kappa shape index (κ2) is 11.6. The van der Waals surface area contributed by atoms with Crippen LogP contribution in [-0.4, -0.2) is 30.9 Å². The van der Waals surface area contributed by atoms with Crippen LogP contribution >= 0.6 is 27.5 Å². The summed E-state index contributed by atoms with van der Waals surface area (Å²) in [6, 6.07) is 15.3. The van der Waals surface area contributed by atoms with Gasteiger partial charge in [-0.05, 0) is 70.4 Å². The molecule has 0 unspecified atom stereocenters. The molecule has 3 aromatic carbocycles. The molecule has 0 fully saturated rings. The molecule has 1 amide bonds. The third-order valence-corrected chi connectivity index (χ3v) is 5.30. The van der Waals surface area contributed by atoms with Crippen molar-refractivity contribution in [2.24, 2.45) is 5.10 Å². The zero-order valence-corrected chi connectivity index (χ0v) is 20.3. The Morgan fingerprint density at radius 1 is 1.15 bits per heavy atom. The molecule has 7 nitrogen and oxygen atoms in total. The number of carbonyl (C=O) groups is 1. The van der Waals surface area contributed by atoms with Gasteiger partial charge in [0.1, 0.15) is 18.1 Å². The van der Waals surface area contributed by atoms with E-state index in [-0.39, 0.29) is 11.3 Å². The van der Waals surface area contributed by atoms with Crippen LogP contribution in [-0.2, 0) is 6.61 Å². The summed E-state index contributed by atoms with van der Waals surface area (Å²) in [4.78, 5) is 12.3. The van der Waals surface area contributed by atoms with E-state index < -0.39 is 5.91 Å². The number of benzene rings is 3. The number of aromatic hydroxyl groups is 1. The lowest BCUT2D eigenvalue weighted by Crippen LogP contribution is -2.17. The van der Waals surface area contributed by atoms with Gasteiger partial charge < -0.3 is 19.3 Å². The van der Waals surface area contributed by atoms with Crippen LogP contribution in [0.5, 0.6) is 23.0 Å². The van der Waals surface area contributed by atoms with E-state index in [0.717, 1.165) is 5.56 Å². The number of methoxy groups -OCH3 is 1. The Bertz CT molecular complexity index is 1150. The average Bonchev–Trinajstić information content (AvgIpc) is 2.79. The van der Waals surface area contributed by atoms with Gasteiger partial charge in [0, 0.05) is 11.1 Å². The Morgan fingerprint density at radius 3 is 2.58 bits per heavy atom. The fourth-order valence-electron chi connectivity index (χ4n) is 2.86. The maximum absolute atomic E-state index is 12.3. The van der Waals surface area contributed by atoms with Crippen molar-refractivity contribution in [2.75, 3.05) is 13.7 Å². The number of ether oxygens (including phenoxy) is 3. The topological polar surface area (TPSA) is 89.4 Å². The highest BCUT2D eigenvalue weighted by atomic mass is 79.9. The molecule has 2 N–H and O–H groups in total. The molecule has 9 heteroatoms. The van der Waals surface area contributed by atoms with Gasteiger partial charge in [-0.15, -0.1) is 0 Å². The number of amides is 1. The van der Waals surface area contributed by atoms with Gasteiger partial charge in [0.2, 0.25) is 0 Å². The summed E-state index contributed by atoms with van der Waals surface area (Å²) in [6.45, 7) is 2.65. The standard InChI is InChI=1S/C24H22BrClN2O5/c1-3-32-22-11-16(10-20(25)23(22)33-14-15-4-6-17(26)7-5-15)13-27-28-24(30)19-9-8-18(31-2)12-21(19)29/h4-13,29H,3,14H2,1-2H3,(H,28,30)/b27-13-. The van der Waals surface area contributed by atoms with Crippen LogP contribution < -0.4 is 19.6 Å². The highest BCUT2D eigenvalue weighted by molar-refractivity contribution is 9.10. The number of phenolic OH excluding ortho intramolecular Hbond substituents is 1. The SMILES string of the molecule is CCOc1cc(/C=N\NC(=O)c2ccc(OC)cc2O)cc(Br)c1OCc1ccc(Cl)cc1. The van der Waals surface area contributed by atoms with Crippen molar-refractivity contribution in [3.63, 3.8) is 0 Å². The summed E-state index contributed by atoms with van der Waals surface area (Å²) >= 11 is 9.44. The lowest BCUT2D eigenvalue weighted by molar-refractivity contribution is 0.0952. The molecule has 0 bridgehead atoms. The molecule has 33 heavy (non-hydrogen) atoms. The van der Waals surface area contributed by atoms with Crippen LogP contribution in [0.4, 0.5) is 0 Å². The molecule has 0 heterocycles. The molecule has 0 aliphatic heterocycles. The summed E-state index contributed by atoms with van der Waals surface area (Å²) in [5.74, 6) is 0.765. The summed E-state index contributed by atoms with van der Waals surface area (Å²) < 4.78 is 17.4. The first-order valence-electron chi connectivity index (χ1n) is 9.95. The molecular formula is C24H22BrClN2O5. The Kier molecular flexibility index (Phi) is 8.57. The quantitative estimate of drug-likeness (QED) is 0.278. The van der Waals surface area contributed by atoms with Crippen LogP contribution in [0.2, 0.25) is 5.02 Å². The van der Waals surface area contributed by atoms with Crippen LogP contribution in [0, 0.1) is 0 Å². The summed E-state index contributed by atoms with van der Waals surface area (Å²) in [5.41, 5.74) is 4.10. The Labute approximate surface area is 205 Å². The number of carbonyl (C=O) groups excluding carboxylic acids is 1. The molecule has 0 atom stereocenters. The summed E-state index contributed by atoms with van der Waals surface area (Å²) in [6.07, 6.45) is 1.47. The Balaban J connectivity index is 1.72. The lowest BCUT2D eigenvalue weighted by atomic mass is 10.2. The number of halogens is 2. The number of hydrazone groups is 1. The minimum Gasteiger partial charge on any atom is -0.507 e. The van der Waals surface area contributed by atoms with E-state index >= 15 is 0 Å². The van der Waals surface area contributed by atoms with Gasteiger partial charge in [-0.1, -0.05) is 23.7 Å². The van der Waals surface area contributed by atoms with Crippen LogP contribution in [0.25, 0.3) is 0 Å². The molecule has 0 spiro atoms. The average molecular weight is 534 g/mol. The van der Waals surface area contributed by atoms with Gasteiger partial charge in [0.15, 0.2) is 11.5 Å². The van der Waals surface area contributed by atoms with Gasteiger partial charge in [0.25, 0.3) is 5.91 Å². The maximum Gasteiger partial charge on any atom is 0.275 e. The van der Waals surface area contributed by atoms with E-state index in [4.69, 9.17) is 25.8 Å². The monoisotopic (exact) mass is 532 g/mol. The van der Waals surface area contributed by atoms with Crippen LogP contribution in [0.1, 0.15) is 28.4 Å². The molecule has 0 saturated carbocycles. The molecule has 3 aromatic rings. The van der Waals surface area contributed by atoms with Gasteiger partial charge in [-0.2, -0.15) is 5.10 Å². The molecule has 172 valence electrons. The van der Waals surface area contributed by atoms with Crippen molar-refractivity contribution in [3.05, 3.63) is 80.8 Å². The van der Waals surface area contributed by atoms with Crippen LogP contribution in [0.3, 0.4) is 0 Å². The minimum absolute atomic E-state index is 0.0788. The van der Waals surface area contributed by atoms with E-state index in [1.165, 1.54) is 25.5 Å². The van der Waals surface area contributed by atoms with E-state index in [9.17, 15) is 9.90 Å². The van der Waals surface area contributed by atoms with Crippen molar-refractivity contribution < 1.29 is 24.1 Å². The van der Waals surface area contributed by atoms with E-state index in [1.807, 2.05) is 19.1 Å². The van der Waals surface area contributed by atoms with Crippen LogP contribution in [0.15, 0.2) is 64.2 Å². The van der Waals surface area contributed by atoms with Gasteiger partial charge in [-0.25, -0.2) is 5.43 Å². The molecule has 0 saturated heterocycles. The molecule has 0 radical (unpaired) electrons. The van der Waals surface area contributed by atoms with Crippen molar-refractivity contribution in [1.82, 2.24) is 5.43 Å². The third kappa shape index (κ3) is 6.63. The molecular weight excluding hydrogens is 512 g/mol. The highest BCUT2D eigenvalue weighted by Crippen LogP contribution is 2.37. The predicted octanol–water partition coefficient (Wildman–Crippen LogP) is 5.56. The van der Waals surface area contributed by atoms with Gasteiger partial charge >= 0.3 is 0 Å². The number of hydrogen-bond donors (Lipinski definition) is 2. The molecule has 0 aromatic heterocycles. The van der Waals surface area contributed by atoms with Crippen molar-refractivity contribution in [1.29, 1.82) is 0 Å². The fraction of sp³-hybridized carbons (Fsp3) is 0.167. The van der Waals surface area contributed by atoms with Gasteiger partial charge in [-0.3, -0.25) is 4.79 Å². The van der Waals surface area contributed by atoms with E-state index in [1.54, 1.807) is 30.3 Å². The second-order valence-electron chi connectivity index (χ2n) is 6.76. The first-order chi connectivity index (χ1) is 15.9. The lowest BCUT2D eigenvalue weighted by Gasteiger charge is -2.14. The van der Waals surface area contributed by atoms with Gasteiger partial charge in [0.05, 0.1) is 30.0 Å². The second-order valence-corrected chi connectivity index (χ2v) is 8.05. The Morgan fingerprint density at radius 2 is 1.91 bits per heavy atom. The van der Waals surface area contributed by atoms with Crippen molar-refractivity contribution >= 4 is 39.7 Å².